The molecule has 4 heteroatoms. The van der Waals surface area contributed by atoms with E-state index in [2.05, 4.69) is 32.0 Å². The summed E-state index contributed by atoms with van der Waals surface area (Å²) in [6.07, 6.45) is 1.54. The average molecular weight is 302 g/mol. The second kappa shape index (κ2) is 5.50. The van der Waals surface area contributed by atoms with Crippen molar-refractivity contribution in [3.63, 3.8) is 0 Å². The Morgan fingerprint density at radius 3 is 1.91 bits per heavy atom. The van der Waals surface area contributed by atoms with Crippen molar-refractivity contribution in [2.45, 2.75) is 71.4 Å². The van der Waals surface area contributed by atoms with Crippen LogP contribution in [0.5, 0.6) is 0 Å². The molecule has 1 saturated heterocycles. The highest BCUT2D eigenvalue weighted by Crippen LogP contribution is 2.41. The van der Waals surface area contributed by atoms with Crippen LogP contribution in [0.15, 0.2) is 18.2 Å². The smallest absolute Gasteiger partial charge is 0.403 e. The zero-order valence-corrected chi connectivity index (χ0v) is 14.8. The number of hydrogen-bond donors (Lipinski definition) is 0. The molecular formula is C18H27BO3. The first-order valence-electron chi connectivity index (χ1n) is 7.90. The Bertz CT molecular complexity index is 543. The molecule has 1 unspecified atom stereocenters. The minimum atomic E-state index is -0.613. The van der Waals surface area contributed by atoms with E-state index < -0.39 is 5.41 Å². The van der Waals surface area contributed by atoms with E-state index >= 15 is 0 Å². The van der Waals surface area contributed by atoms with Crippen LogP contribution in [0.4, 0.5) is 0 Å². The van der Waals surface area contributed by atoms with E-state index in [0.29, 0.717) is 6.32 Å². The van der Waals surface area contributed by atoms with Gasteiger partial charge in [-0.3, -0.25) is 0 Å². The molecule has 0 aliphatic carbocycles. The van der Waals surface area contributed by atoms with Crippen LogP contribution in [0.3, 0.4) is 0 Å². The molecule has 0 aromatic heterocycles. The zero-order valence-electron chi connectivity index (χ0n) is 14.8. The van der Waals surface area contributed by atoms with Gasteiger partial charge in [0, 0.05) is 5.41 Å². The normalized spacial score (nSPS) is 22.4. The summed E-state index contributed by atoms with van der Waals surface area (Å²) in [4.78, 5) is 11.8. The van der Waals surface area contributed by atoms with Crippen molar-refractivity contribution in [2.75, 3.05) is 0 Å². The molecular weight excluding hydrogens is 275 g/mol. The number of carbonyl (C=O) groups is 1. The van der Waals surface area contributed by atoms with E-state index in [9.17, 15) is 4.79 Å². The Labute approximate surface area is 134 Å². The van der Waals surface area contributed by atoms with Crippen molar-refractivity contribution in [2.24, 2.45) is 0 Å². The van der Waals surface area contributed by atoms with E-state index in [4.69, 9.17) is 9.31 Å². The summed E-state index contributed by atoms with van der Waals surface area (Å²) in [5, 5.41) is 0. The van der Waals surface area contributed by atoms with Crippen molar-refractivity contribution in [3.05, 3.63) is 34.9 Å². The molecule has 0 amide bonds. The number of carbonyl (C=O) groups excluding carboxylic acids is 1. The molecule has 1 fully saturated rings. The van der Waals surface area contributed by atoms with E-state index in [1.165, 1.54) is 0 Å². The van der Waals surface area contributed by atoms with Crippen LogP contribution in [0, 0.1) is 13.8 Å². The van der Waals surface area contributed by atoms with E-state index in [0.717, 1.165) is 23.0 Å². The van der Waals surface area contributed by atoms with Crippen LogP contribution in [0.1, 0.15) is 51.3 Å². The number of aryl methyl sites for hydroxylation is 2. The van der Waals surface area contributed by atoms with E-state index in [1.54, 1.807) is 0 Å². The third-order valence-corrected chi connectivity index (χ3v) is 5.03. The molecule has 3 nitrogen and oxygen atoms in total. The highest BCUT2D eigenvalue weighted by atomic mass is 16.7. The molecule has 1 aromatic carbocycles. The maximum atomic E-state index is 11.8. The van der Waals surface area contributed by atoms with Gasteiger partial charge in [-0.05, 0) is 60.3 Å². The average Bonchev–Trinajstić information content (AvgIpc) is 2.55. The lowest BCUT2D eigenvalue weighted by atomic mass is 9.66. The number of rotatable bonds is 4. The largest absolute Gasteiger partial charge is 0.459 e. The van der Waals surface area contributed by atoms with Gasteiger partial charge in [0.1, 0.15) is 6.29 Å². The van der Waals surface area contributed by atoms with Gasteiger partial charge in [-0.1, -0.05) is 29.3 Å². The predicted octanol–water partition coefficient (Wildman–Crippen LogP) is 3.85. The summed E-state index contributed by atoms with van der Waals surface area (Å²) >= 11 is 0. The van der Waals surface area contributed by atoms with Crippen LogP contribution < -0.4 is 0 Å². The monoisotopic (exact) mass is 302 g/mol. The standard InChI is InChI=1S/C18H27BO3/c1-13-8-14(2)10-15(9-13)18(7,12-20)11-19-21-16(3,4)17(5,6)22-19/h8-10,12H,11H2,1-7H3. The molecule has 0 N–H and O–H groups in total. The first-order chi connectivity index (χ1) is 9.99. The first kappa shape index (κ1) is 17.2. The van der Waals surface area contributed by atoms with Gasteiger partial charge in [0.05, 0.1) is 11.2 Å². The first-order valence-corrected chi connectivity index (χ1v) is 7.90. The van der Waals surface area contributed by atoms with Gasteiger partial charge in [-0.2, -0.15) is 0 Å². The number of hydrogen-bond acceptors (Lipinski definition) is 3. The summed E-state index contributed by atoms with van der Waals surface area (Å²) in [5.74, 6) is 0. The van der Waals surface area contributed by atoms with Crippen molar-refractivity contribution in [1.29, 1.82) is 0 Å². The maximum absolute atomic E-state index is 11.8. The molecule has 0 bridgehead atoms. The van der Waals surface area contributed by atoms with Gasteiger partial charge in [0.25, 0.3) is 0 Å². The maximum Gasteiger partial charge on any atom is 0.459 e. The van der Waals surface area contributed by atoms with Crippen LogP contribution in [-0.2, 0) is 19.5 Å². The van der Waals surface area contributed by atoms with Gasteiger partial charge in [0.2, 0.25) is 0 Å². The molecule has 0 spiro atoms. The summed E-state index contributed by atoms with van der Waals surface area (Å²) in [5.41, 5.74) is 2.00. The summed E-state index contributed by atoms with van der Waals surface area (Å²) in [7, 11) is -0.374. The molecule has 1 atom stereocenters. The Morgan fingerprint density at radius 1 is 1.05 bits per heavy atom. The molecule has 1 aliphatic rings. The Hall–Kier alpha value is -1.13. The highest BCUT2D eigenvalue weighted by molar-refractivity contribution is 6.46. The Morgan fingerprint density at radius 2 is 1.50 bits per heavy atom. The van der Waals surface area contributed by atoms with Gasteiger partial charge in [-0.15, -0.1) is 0 Å². The lowest BCUT2D eigenvalue weighted by molar-refractivity contribution is -0.111. The van der Waals surface area contributed by atoms with Crippen molar-refractivity contribution >= 4 is 13.4 Å². The van der Waals surface area contributed by atoms with Gasteiger partial charge < -0.3 is 14.1 Å². The molecule has 120 valence electrons. The van der Waals surface area contributed by atoms with Crippen molar-refractivity contribution in [3.8, 4) is 0 Å². The SMILES string of the molecule is Cc1cc(C)cc(C(C)(C=O)CB2OC(C)(C)C(C)(C)O2)c1. The number of aldehydes is 1. The lowest BCUT2D eigenvalue weighted by Crippen LogP contribution is -2.41. The Kier molecular flexibility index (Phi) is 4.31. The fourth-order valence-corrected chi connectivity index (χ4v) is 2.93. The number of benzene rings is 1. The minimum absolute atomic E-state index is 0.371. The molecule has 1 aromatic rings. The fraction of sp³-hybridized carbons (Fsp3) is 0.611. The van der Waals surface area contributed by atoms with Crippen LogP contribution in [0.2, 0.25) is 6.32 Å². The third-order valence-electron chi connectivity index (χ3n) is 5.03. The molecule has 0 radical (unpaired) electrons. The van der Waals surface area contributed by atoms with Crippen LogP contribution in [0.25, 0.3) is 0 Å². The van der Waals surface area contributed by atoms with E-state index in [1.807, 2.05) is 34.6 Å². The van der Waals surface area contributed by atoms with Gasteiger partial charge >= 0.3 is 7.12 Å². The Balaban J connectivity index is 2.27. The topological polar surface area (TPSA) is 35.5 Å². The van der Waals surface area contributed by atoms with Gasteiger partial charge in [0.15, 0.2) is 0 Å². The quantitative estimate of drug-likeness (QED) is 0.626. The summed E-state index contributed by atoms with van der Waals surface area (Å²) in [6.45, 7) is 14.2. The molecule has 2 rings (SSSR count). The lowest BCUT2D eigenvalue weighted by Gasteiger charge is -2.32. The second-order valence-corrected chi connectivity index (χ2v) is 7.80. The minimum Gasteiger partial charge on any atom is -0.403 e. The summed E-state index contributed by atoms with van der Waals surface area (Å²) in [6, 6.07) is 6.27. The highest BCUT2D eigenvalue weighted by Gasteiger charge is 2.52. The molecule has 1 aliphatic heterocycles. The van der Waals surface area contributed by atoms with E-state index in [-0.39, 0.29) is 18.3 Å². The summed E-state index contributed by atoms with van der Waals surface area (Å²) < 4.78 is 12.1. The molecule has 1 heterocycles. The van der Waals surface area contributed by atoms with Crippen LogP contribution in [-0.4, -0.2) is 24.6 Å². The molecule has 22 heavy (non-hydrogen) atoms. The third kappa shape index (κ3) is 3.13. The van der Waals surface area contributed by atoms with Gasteiger partial charge in [-0.25, -0.2) is 0 Å². The predicted molar refractivity (Wildman–Crippen MR) is 90.2 cm³/mol. The fourth-order valence-electron chi connectivity index (χ4n) is 2.93. The second-order valence-electron chi connectivity index (χ2n) is 7.80. The zero-order chi connectivity index (χ0) is 16.8. The van der Waals surface area contributed by atoms with Crippen molar-refractivity contribution in [1.82, 2.24) is 0 Å². The molecule has 0 saturated carbocycles. The van der Waals surface area contributed by atoms with Crippen molar-refractivity contribution < 1.29 is 14.1 Å². The van der Waals surface area contributed by atoms with Crippen LogP contribution >= 0.6 is 0 Å².